The molecule has 0 aliphatic carbocycles. The summed E-state index contributed by atoms with van der Waals surface area (Å²) in [5.74, 6) is 0.434. The maximum absolute atomic E-state index is 13.9. The summed E-state index contributed by atoms with van der Waals surface area (Å²) in [6, 6.07) is 16.9. The van der Waals surface area contributed by atoms with Crippen molar-refractivity contribution in [3.05, 3.63) is 71.2 Å². The number of halogens is 1. The number of hydrogen-bond acceptors (Lipinski definition) is 8. The summed E-state index contributed by atoms with van der Waals surface area (Å²) in [4.78, 5) is 27.0. The number of fused-ring (bicyclic) bond motifs is 1. The van der Waals surface area contributed by atoms with Gasteiger partial charge in [-0.1, -0.05) is 29.8 Å². The molecule has 3 aromatic carbocycles. The number of likely N-dealkylation sites (N-methyl/N-ethyl adjacent to an activating group) is 1. The van der Waals surface area contributed by atoms with E-state index in [4.69, 9.17) is 31.4 Å². The topological polar surface area (TPSA) is 131 Å². The first-order valence-electron chi connectivity index (χ1n) is 12.6. The summed E-state index contributed by atoms with van der Waals surface area (Å²) in [5, 5.41) is 9.26. The molecule has 0 spiro atoms. The van der Waals surface area contributed by atoms with Crippen LogP contribution in [0.15, 0.2) is 65.6 Å². The third-order valence-corrected chi connectivity index (χ3v) is 8.26. The van der Waals surface area contributed by atoms with Gasteiger partial charge in [-0.25, -0.2) is 23.5 Å². The molecule has 1 aromatic heterocycles. The predicted molar refractivity (Wildman–Crippen MR) is 156 cm³/mol. The summed E-state index contributed by atoms with van der Waals surface area (Å²) >= 11 is 6.48. The Balaban J connectivity index is 1.74. The zero-order chi connectivity index (χ0) is 28.6. The smallest absolute Gasteiger partial charge is 0.254 e. The zero-order valence-electron chi connectivity index (χ0n) is 22.3. The molecule has 1 amide bonds. The van der Waals surface area contributed by atoms with Crippen molar-refractivity contribution in [1.29, 1.82) is 0 Å². The van der Waals surface area contributed by atoms with Gasteiger partial charge in [-0.2, -0.15) is 0 Å². The van der Waals surface area contributed by atoms with E-state index < -0.39 is 10.0 Å². The van der Waals surface area contributed by atoms with Crippen LogP contribution >= 0.6 is 11.6 Å². The molecule has 1 saturated heterocycles. The summed E-state index contributed by atoms with van der Waals surface area (Å²) in [5.41, 5.74) is 1.91. The standard InChI is InChI=1S/C28H29ClN6O4S/c1-34(2)17-13-14-35(16-17)28(36)19-7-6-10-24(40(30,37)38)25(19)26-27(32-22-9-5-4-8-21(22)31-26)33-23-15-18(39-3)11-12-20(23)29/h4-12,15,17H,13-14,16H2,1-3H3,(H,32,33)(H2,30,37,38). The molecule has 208 valence electrons. The van der Waals surface area contributed by atoms with Crippen LogP contribution in [0.4, 0.5) is 11.5 Å². The van der Waals surface area contributed by atoms with Gasteiger partial charge in [-0.3, -0.25) is 4.79 Å². The molecule has 5 rings (SSSR count). The number of aromatic nitrogens is 2. The van der Waals surface area contributed by atoms with E-state index in [1.807, 2.05) is 20.2 Å². The molecule has 1 fully saturated rings. The van der Waals surface area contributed by atoms with Gasteiger partial charge in [0.2, 0.25) is 10.0 Å². The minimum atomic E-state index is -4.27. The molecule has 40 heavy (non-hydrogen) atoms. The number of nitrogens with zero attached hydrogens (tertiary/aromatic N) is 4. The average molecular weight is 581 g/mol. The number of carbonyl (C=O) groups excluding carboxylic acids is 1. The minimum Gasteiger partial charge on any atom is -0.497 e. The van der Waals surface area contributed by atoms with E-state index in [-0.39, 0.29) is 39.5 Å². The first-order valence-corrected chi connectivity index (χ1v) is 14.5. The minimum absolute atomic E-state index is 0.0723. The number of benzene rings is 3. The van der Waals surface area contributed by atoms with E-state index in [1.54, 1.807) is 47.4 Å². The van der Waals surface area contributed by atoms with Gasteiger partial charge in [0.1, 0.15) is 11.4 Å². The molecule has 3 N–H and O–H groups in total. The maximum Gasteiger partial charge on any atom is 0.254 e. The van der Waals surface area contributed by atoms with Crippen LogP contribution in [-0.4, -0.2) is 74.4 Å². The summed E-state index contributed by atoms with van der Waals surface area (Å²) in [7, 11) is 1.21. The van der Waals surface area contributed by atoms with Crippen molar-refractivity contribution in [3.8, 4) is 17.0 Å². The molecule has 1 aliphatic rings. The Hall–Kier alpha value is -3.77. The number of nitrogens with one attached hydrogen (secondary N) is 1. The fourth-order valence-electron chi connectivity index (χ4n) is 4.83. The Morgan fingerprint density at radius 3 is 2.48 bits per heavy atom. The Morgan fingerprint density at radius 1 is 1.10 bits per heavy atom. The highest BCUT2D eigenvalue weighted by atomic mass is 35.5. The highest BCUT2D eigenvalue weighted by molar-refractivity contribution is 7.89. The predicted octanol–water partition coefficient (Wildman–Crippen LogP) is 4.13. The van der Waals surface area contributed by atoms with E-state index in [0.717, 1.165) is 6.42 Å². The van der Waals surface area contributed by atoms with Crippen LogP contribution < -0.4 is 15.2 Å². The van der Waals surface area contributed by atoms with Crippen LogP contribution in [0.2, 0.25) is 5.02 Å². The molecule has 4 aromatic rings. The van der Waals surface area contributed by atoms with Crippen molar-refractivity contribution in [3.63, 3.8) is 0 Å². The van der Waals surface area contributed by atoms with Crippen LogP contribution in [0.25, 0.3) is 22.3 Å². The fraction of sp³-hybridized carbons (Fsp3) is 0.250. The lowest BCUT2D eigenvalue weighted by molar-refractivity contribution is 0.0783. The second kappa shape index (κ2) is 11.0. The third-order valence-electron chi connectivity index (χ3n) is 6.98. The molecule has 1 atom stereocenters. The molecule has 2 heterocycles. The molecular weight excluding hydrogens is 552 g/mol. The average Bonchev–Trinajstić information content (AvgIpc) is 3.43. The van der Waals surface area contributed by atoms with E-state index in [0.29, 0.717) is 40.6 Å². The third kappa shape index (κ3) is 5.46. The zero-order valence-corrected chi connectivity index (χ0v) is 23.8. The van der Waals surface area contributed by atoms with Crippen LogP contribution in [0.3, 0.4) is 0 Å². The van der Waals surface area contributed by atoms with Crippen molar-refractivity contribution in [2.45, 2.75) is 17.4 Å². The molecule has 0 saturated carbocycles. The number of anilines is 2. The first-order chi connectivity index (χ1) is 19.1. The monoisotopic (exact) mass is 580 g/mol. The van der Waals surface area contributed by atoms with Crippen molar-refractivity contribution >= 4 is 50.1 Å². The lowest BCUT2D eigenvalue weighted by atomic mass is 10.0. The second-order valence-electron chi connectivity index (χ2n) is 9.76. The molecule has 12 heteroatoms. The fourth-order valence-corrected chi connectivity index (χ4v) is 5.75. The Morgan fingerprint density at radius 2 is 1.82 bits per heavy atom. The number of amides is 1. The van der Waals surface area contributed by atoms with Crippen LogP contribution in [0.1, 0.15) is 16.8 Å². The van der Waals surface area contributed by atoms with Crippen molar-refractivity contribution in [2.75, 3.05) is 39.6 Å². The number of carbonyl (C=O) groups is 1. The lowest BCUT2D eigenvalue weighted by Crippen LogP contribution is -2.35. The Bertz CT molecular complexity index is 1710. The normalized spacial score (nSPS) is 15.6. The van der Waals surface area contributed by atoms with Gasteiger partial charge < -0.3 is 19.9 Å². The summed E-state index contributed by atoms with van der Waals surface area (Å²) in [6.45, 7) is 1.05. The number of hydrogen-bond donors (Lipinski definition) is 2. The van der Waals surface area contributed by atoms with Gasteiger partial charge >= 0.3 is 0 Å². The lowest BCUT2D eigenvalue weighted by Gasteiger charge is -2.22. The summed E-state index contributed by atoms with van der Waals surface area (Å²) in [6.07, 6.45) is 0.805. The second-order valence-corrected chi connectivity index (χ2v) is 11.7. The number of methoxy groups -OCH3 is 1. The highest BCUT2D eigenvalue weighted by Crippen LogP contribution is 2.38. The van der Waals surface area contributed by atoms with Crippen molar-refractivity contribution in [1.82, 2.24) is 19.8 Å². The largest absolute Gasteiger partial charge is 0.497 e. The molecule has 1 aliphatic heterocycles. The van der Waals surface area contributed by atoms with Gasteiger partial charge in [-0.15, -0.1) is 0 Å². The highest BCUT2D eigenvalue weighted by Gasteiger charge is 2.32. The molecule has 1 unspecified atom stereocenters. The van der Waals surface area contributed by atoms with Gasteiger partial charge in [0, 0.05) is 30.8 Å². The van der Waals surface area contributed by atoms with Gasteiger partial charge in [-0.05, 0) is 56.9 Å². The quantitative estimate of drug-likeness (QED) is 0.334. The molecule has 0 bridgehead atoms. The van der Waals surface area contributed by atoms with Crippen LogP contribution in [-0.2, 0) is 10.0 Å². The van der Waals surface area contributed by atoms with E-state index >= 15 is 0 Å². The van der Waals surface area contributed by atoms with Crippen molar-refractivity contribution < 1.29 is 17.9 Å². The number of likely N-dealkylation sites (tertiary alicyclic amines) is 1. The summed E-state index contributed by atoms with van der Waals surface area (Å²) < 4.78 is 31.1. The SMILES string of the molecule is COc1ccc(Cl)c(Nc2nc3ccccc3nc2-c2c(C(=O)N3CCC(N(C)C)C3)cccc2S(N)(=O)=O)c1. The Kier molecular flexibility index (Phi) is 7.65. The number of ether oxygens (including phenoxy) is 1. The number of rotatable bonds is 7. The molecule has 10 nitrogen and oxygen atoms in total. The maximum atomic E-state index is 13.9. The number of nitrogens with two attached hydrogens (primary N) is 1. The van der Waals surface area contributed by atoms with E-state index in [9.17, 15) is 13.2 Å². The van der Waals surface area contributed by atoms with Gasteiger partial charge in [0.15, 0.2) is 5.82 Å². The van der Waals surface area contributed by atoms with Crippen LogP contribution in [0, 0.1) is 0 Å². The number of para-hydroxylation sites is 2. The Labute approximate surface area is 237 Å². The van der Waals surface area contributed by atoms with Crippen molar-refractivity contribution in [2.24, 2.45) is 5.14 Å². The van der Waals surface area contributed by atoms with Gasteiger partial charge in [0.05, 0.1) is 39.3 Å². The van der Waals surface area contributed by atoms with Crippen LogP contribution in [0.5, 0.6) is 5.75 Å². The van der Waals surface area contributed by atoms with Gasteiger partial charge in [0.25, 0.3) is 5.91 Å². The first kappa shape index (κ1) is 27.8. The van der Waals surface area contributed by atoms with E-state index in [1.165, 1.54) is 19.2 Å². The molecular formula is C28H29ClN6O4S. The number of primary sulfonamides is 1. The number of sulfonamides is 1. The van der Waals surface area contributed by atoms with E-state index in [2.05, 4.69) is 10.2 Å². The molecule has 0 radical (unpaired) electrons.